The Morgan fingerprint density at radius 1 is 1.11 bits per heavy atom. The third-order valence-corrected chi connectivity index (χ3v) is 5.10. The number of rotatable bonds is 7. The average Bonchev–Trinajstić information content (AvgIpc) is 2.70. The molecule has 0 saturated carbocycles. The summed E-state index contributed by atoms with van der Waals surface area (Å²) in [6.07, 6.45) is 2.76. The molecule has 1 fully saturated rings. The van der Waals surface area contributed by atoms with E-state index in [0.717, 1.165) is 12.0 Å². The van der Waals surface area contributed by atoms with Crippen LogP contribution in [0.25, 0.3) is 0 Å². The standard InChI is InChI=1S/C21H31N3O3/c1-4-12-22-21(27)19(16-10-13-24(14-11-16)18(25)5-2)23-20(26)17-8-6-15(3)7-9-17/h6-9,16,19H,4-5,10-14H2,1-3H3,(H,22,27)(H,23,26). The summed E-state index contributed by atoms with van der Waals surface area (Å²) in [5, 5.41) is 5.84. The summed E-state index contributed by atoms with van der Waals surface area (Å²) in [5.74, 6) is -0.211. The van der Waals surface area contributed by atoms with Gasteiger partial charge in [0, 0.05) is 31.6 Å². The number of amides is 3. The lowest BCUT2D eigenvalue weighted by Gasteiger charge is -2.35. The molecule has 1 heterocycles. The Labute approximate surface area is 161 Å². The predicted molar refractivity (Wildman–Crippen MR) is 105 cm³/mol. The molecule has 1 saturated heterocycles. The number of hydrogen-bond acceptors (Lipinski definition) is 3. The van der Waals surface area contributed by atoms with Crippen molar-refractivity contribution >= 4 is 17.7 Å². The predicted octanol–water partition coefficient (Wildman–Crippen LogP) is 2.27. The maximum atomic E-state index is 12.7. The molecular formula is C21H31N3O3. The molecule has 1 aromatic rings. The molecule has 27 heavy (non-hydrogen) atoms. The number of carbonyl (C=O) groups is 3. The van der Waals surface area contributed by atoms with Crippen molar-refractivity contribution in [2.24, 2.45) is 5.92 Å². The SMILES string of the molecule is CCCNC(=O)C(NC(=O)c1ccc(C)cc1)C1CCN(C(=O)CC)CC1. The van der Waals surface area contributed by atoms with E-state index in [1.807, 2.05) is 37.8 Å². The van der Waals surface area contributed by atoms with Gasteiger partial charge in [-0.15, -0.1) is 0 Å². The highest BCUT2D eigenvalue weighted by atomic mass is 16.2. The van der Waals surface area contributed by atoms with Crippen molar-refractivity contribution in [2.75, 3.05) is 19.6 Å². The summed E-state index contributed by atoms with van der Waals surface area (Å²) in [6, 6.07) is 6.73. The van der Waals surface area contributed by atoms with E-state index in [1.165, 1.54) is 0 Å². The Kier molecular flexibility index (Phi) is 7.82. The molecule has 2 N–H and O–H groups in total. The minimum absolute atomic E-state index is 0.0251. The van der Waals surface area contributed by atoms with Crippen molar-refractivity contribution < 1.29 is 14.4 Å². The molecule has 148 valence electrons. The van der Waals surface area contributed by atoms with Crippen molar-refractivity contribution in [3.63, 3.8) is 0 Å². The Morgan fingerprint density at radius 2 is 1.74 bits per heavy atom. The average molecular weight is 373 g/mol. The number of piperidine rings is 1. The molecule has 0 aromatic heterocycles. The lowest BCUT2D eigenvalue weighted by Crippen LogP contribution is -2.53. The Bertz CT molecular complexity index is 649. The quantitative estimate of drug-likeness (QED) is 0.770. The first-order valence-electron chi connectivity index (χ1n) is 9.89. The van der Waals surface area contributed by atoms with Crippen LogP contribution >= 0.6 is 0 Å². The van der Waals surface area contributed by atoms with Crippen molar-refractivity contribution in [2.45, 2.75) is 52.5 Å². The van der Waals surface area contributed by atoms with E-state index < -0.39 is 6.04 Å². The minimum Gasteiger partial charge on any atom is -0.354 e. The fraction of sp³-hybridized carbons (Fsp3) is 0.571. The Hall–Kier alpha value is -2.37. The molecule has 0 aliphatic carbocycles. The number of likely N-dealkylation sites (tertiary alicyclic amines) is 1. The summed E-state index contributed by atoms with van der Waals surface area (Å²) in [7, 11) is 0. The third kappa shape index (κ3) is 5.81. The summed E-state index contributed by atoms with van der Waals surface area (Å²) >= 11 is 0. The zero-order chi connectivity index (χ0) is 19.8. The number of aryl methyl sites for hydroxylation is 1. The number of benzene rings is 1. The van der Waals surface area contributed by atoms with Gasteiger partial charge in [-0.2, -0.15) is 0 Å². The topological polar surface area (TPSA) is 78.5 Å². The van der Waals surface area contributed by atoms with Crippen LogP contribution in [0.1, 0.15) is 55.5 Å². The Balaban J connectivity index is 2.07. The number of nitrogens with zero attached hydrogens (tertiary/aromatic N) is 1. The van der Waals surface area contributed by atoms with Gasteiger partial charge in [-0.25, -0.2) is 0 Å². The van der Waals surface area contributed by atoms with Crippen LogP contribution in [0.15, 0.2) is 24.3 Å². The van der Waals surface area contributed by atoms with Crippen LogP contribution in [0.4, 0.5) is 0 Å². The van der Waals surface area contributed by atoms with Gasteiger partial charge in [0.15, 0.2) is 0 Å². The van der Waals surface area contributed by atoms with E-state index in [9.17, 15) is 14.4 Å². The molecule has 6 nitrogen and oxygen atoms in total. The van der Waals surface area contributed by atoms with E-state index in [2.05, 4.69) is 10.6 Å². The van der Waals surface area contributed by atoms with Crippen LogP contribution in [-0.2, 0) is 9.59 Å². The first-order valence-corrected chi connectivity index (χ1v) is 9.89. The maximum absolute atomic E-state index is 12.7. The zero-order valence-corrected chi connectivity index (χ0v) is 16.6. The van der Waals surface area contributed by atoms with E-state index >= 15 is 0 Å². The van der Waals surface area contributed by atoms with Crippen molar-refractivity contribution in [3.8, 4) is 0 Å². The van der Waals surface area contributed by atoms with Gasteiger partial charge in [-0.05, 0) is 44.2 Å². The van der Waals surface area contributed by atoms with Crippen molar-refractivity contribution in [1.82, 2.24) is 15.5 Å². The largest absolute Gasteiger partial charge is 0.354 e. The van der Waals surface area contributed by atoms with Gasteiger partial charge in [-0.3, -0.25) is 14.4 Å². The van der Waals surface area contributed by atoms with Crippen LogP contribution in [0, 0.1) is 12.8 Å². The first kappa shape index (κ1) is 20.9. The van der Waals surface area contributed by atoms with Crippen LogP contribution in [-0.4, -0.2) is 48.3 Å². The molecule has 0 bridgehead atoms. The Morgan fingerprint density at radius 3 is 2.30 bits per heavy atom. The van der Waals surface area contributed by atoms with Gasteiger partial charge in [0.05, 0.1) is 0 Å². The van der Waals surface area contributed by atoms with Gasteiger partial charge in [0.1, 0.15) is 6.04 Å². The van der Waals surface area contributed by atoms with E-state index in [-0.39, 0.29) is 23.6 Å². The van der Waals surface area contributed by atoms with E-state index in [0.29, 0.717) is 44.5 Å². The van der Waals surface area contributed by atoms with Crippen molar-refractivity contribution in [1.29, 1.82) is 0 Å². The molecule has 2 rings (SSSR count). The smallest absolute Gasteiger partial charge is 0.251 e. The molecule has 1 aromatic carbocycles. The summed E-state index contributed by atoms with van der Waals surface area (Å²) in [6.45, 7) is 7.67. The van der Waals surface area contributed by atoms with Gasteiger partial charge in [0.25, 0.3) is 5.91 Å². The highest BCUT2D eigenvalue weighted by molar-refractivity contribution is 5.97. The molecule has 3 amide bonds. The van der Waals surface area contributed by atoms with Crippen LogP contribution < -0.4 is 10.6 Å². The maximum Gasteiger partial charge on any atom is 0.251 e. The first-order chi connectivity index (χ1) is 13.0. The fourth-order valence-electron chi connectivity index (χ4n) is 3.39. The van der Waals surface area contributed by atoms with Gasteiger partial charge in [0.2, 0.25) is 11.8 Å². The monoisotopic (exact) mass is 373 g/mol. The number of hydrogen-bond donors (Lipinski definition) is 2. The summed E-state index contributed by atoms with van der Waals surface area (Å²) in [4.78, 5) is 39.1. The molecule has 0 radical (unpaired) electrons. The molecular weight excluding hydrogens is 342 g/mol. The fourth-order valence-corrected chi connectivity index (χ4v) is 3.39. The van der Waals surface area contributed by atoms with Gasteiger partial charge in [-0.1, -0.05) is 31.5 Å². The normalized spacial score (nSPS) is 15.9. The van der Waals surface area contributed by atoms with Gasteiger partial charge >= 0.3 is 0 Å². The van der Waals surface area contributed by atoms with E-state index in [4.69, 9.17) is 0 Å². The molecule has 1 atom stereocenters. The number of nitrogens with one attached hydrogen (secondary N) is 2. The third-order valence-electron chi connectivity index (χ3n) is 5.10. The lowest BCUT2D eigenvalue weighted by molar-refractivity contribution is -0.132. The highest BCUT2D eigenvalue weighted by Crippen LogP contribution is 2.22. The molecule has 1 unspecified atom stereocenters. The lowest BCUT2D eigenvalue weighted by atomic mass is 9.88. The molecule has 0 spiro atoms. The van der Waals surface area contributed by atoms with Crippen LogP contribution in [0.2, 0.25) is 0 Å². The summed E-state index contributed by atoms with van der Waals surface area (Å²) < 4.78 is 0. The van der Waals surface area contributed by atoms with E-state index in [1.54, 1.807) is 12.1 Å². The minimum atomic E-state index is -0.579. The molecule has 6 heteroatoms. The van der Waals surface area contributed by atoms with Crippen LogP contribution in [0.3, 0.4) is 0 Å². The zero-order valence-electron chi connectivity index (χ0n) is 16.6. The number of carbonyl (C=O) groups excluding carboxylic acids is 3. The van der Waals surface area contributed by atoms with Crippen molar-refractivity contribution in [3.05, 3.63) is 35.4 Å². The van der Waals surface area contributed by atoms with Gasteiger partial charge < -0.3 is 15.5 Å². The molecule has 1 aliphatic rings. The highest BCUT2D eigenvalue weighted by Gasteiger charge is 2.33. The second kappa shape index (κ2) is 10.1. The second-order valence-electron chi connectivity index (χ2n) is 7.18. The van der Waals surface area contributed by atoms with Crippen LogP contribution in [0.5, 0.6) is 0 Å². The second-order valence-corrected chi connectivity index (χ2v) is 7.18. The summed E-state index contributed by atoms with van der Waals surface area (Å²) in [5.41, 5.74) is 1.63. The molecule has 1 aliphatic heterocycles.